The summed E-state index contributed by atoms with van der Waals surface area (Å²) in [7, 11) is 4.19. The van der Waals surface area contributed by atoms with Crippen LogP contribution in [0.4, 0.5) is 0 Å². The van der Waals surface area contributed by atoms with Crippen LogP contribution < -0.4 is 5.73 Å². The van der Waals surface area contributed by atoms with Crippen LogP contribution in [0.3, 0.4) is 0 Å². The molecule has 2 heterocycles. The third kappa shape index (κ3) is 1.92. The van der Waals surface area contributed by atoms with E-state index in [0.29, 0.717) is 12.0 Å². The van der Waals surface area contributed by atoms with Gasteiger partial charge in [-0.05, 0) is 45.0 Å². The van der Waals surface area contributed by atoms with Gasteiger partial charge in [-0.15, -0.1) is 0 Å². The molecule has 0 aliphatic carbocycles. The molecule has 0 radical (unpaired) electrons. The monoisotopic (exact) mass is 208 g/mol. The maximum absolute atomic E-state index is 5.86. The molecule has 0 saturated carbocycles. The number of aryl methyl sites for hydroxylation is 1. The Balaban J connectivity index is 2.27. The molecule has 84 valence electrons. The molecule has 0 amide bonds. The number of likely N-dealkylation sites (tertiary alicyclic amines) is 1. The number of rotatable bonds is 2. The van der Waals surface area contributed by atoms with E-state index in [9.17, 15) is 0 Å². The topological polar surface area (TPSA) is 47.1 Å². The van der Waals surface area contributed by atoms with Gasteiger partial charge in [0.1, 0.15) is 0 Å². The van der Waals surface area contributed by atoms with Gasteiger partial charge in [-0.25, -0.2) is 0 Å². The van der Waals surface area contributed by atoms with Crippen LogP contribution in [-0.2, 0) is 7.05 Å². The van der Waals surface area contributed by atoms with Gasteiger partial charge in [-0.3, -0.25) is 9.58 Å². The van der Waals surface area contributed by atoms with Crippen LogP contribution in [0.2, 0.25) is 0 Å². The zero-order valence-electron chi connectivity index (χ0n) is 9.56. The van der Waals surface area contributed by atoms with E-state index in [1.165, 1.54) is 18.5 Å². The summed E-state index contributed by atoms with van der Waals surface area (Å²) in [4.78, 5) is 2.40. The molecule has 4 heteroatoms. The van der Waals surface area contributed by atoms with E-state index >= 15 is 0 Å². The highest BCUT2D eigenvalue weighted by Crippen LogP contribution is 2.33. The van der Waals surface area contributed by atoms with Crippen LogP contribution in [0.15, 0.2) is 12.3 Å². The molecule has 0 bridgehead atoms. The molecule has 0 unspecified atom stereocenters. The van der Waals surface area contributed by atoms with Gasteiger partial charge in [0.25, 0.3) is 0 Å². The van der Waals surface area contributed by atoms with Gasteiger partial charge in [0.05, 0.1) is 11.7 Å². The number of nitrogens with two attached hydrogens (primary N) is 1. The Hall–Kier alpha value is -0.870. The van der Waals surface area contributed by atoms with Crippen LogP contribution >= 0.6 is 0 Å². The lowest BCUT2D eigenvalue weighted by molar-refractivity contribution is 0.118. The number of hydrogen-bond acceptors (Lipinski definition) is 3. The number of nitrogens with zero attached hydrogens (tertiary/aromatic N) is 3. The summed E-state index contributed by atoms with van der Waals surface area (Å²) in [5.74, 6) is 0.569. The molecular formula is C11H20N4. The zero-order valence-corrected chi connectivity index (χ0v) is 9.56. The van der Waals surface area contributed by atoms with Gasteiger partial charge in [0.15, 0.2) is 0 Å². The van der Waals surface area contributed by atoms with E-state index in [1.807, 2.05) is 17.9 Å². The van der Waals surface area contributed by atoms with Gasteiger partial charge in [-0.1, -0.05) is 0 Å². The first-order chi connectivity index (χ1) is 7.24. The Morgan fingerprint density at radius 1 is 1.53 bits per heavy atom. The fraction of sp³-hybridized carbons (Fsp3) is 0.727. The third-order valence-corrected chi connectivity index (χ3v) is 3.47. The maximum Gasteiger partial charge on any atom is 0.0555 e. The molecule has 15 heavy (non-hydrogen) atoms. The molecule has 1 fully saturated rings. The molecule has 2 rings (SSSR count). The van der Waals surface area contributed by atoms with Crippen molar-refractivity contribution in [1.82, 2.24) is 14.7 Å². The van der Waals surface area contributed by atoms with Crippen LogP contribution in [0.5, 0.6) is 0 Å². The van der Waals surface area contributed by atoms with Gasteiger partial charge in [0, 0.05) is 13.2 Å². The Bertz CT molecular complexity index is 320. The fourth-order valence-corrected chi connectivity index (χ4v) is 2.65. The summed E-state index contributed by atoms with van der Waals surface area (Å²) in [6.45, 7) is 1.92. The number of hydrogen-bond donors (Lipinski definition) is 1. The summed E-state index contributed by atoms with van der Waals surface area (Å²) in [6.07, 6.45) is 4.36. The van der Waals surface area contributed by atoms with Crippen molar-refractivity contribution in [3.8, 4) is 0 Å². The minimum absolute atomic E-state index is 0.441. The second kappa shape index (κ2) is 4.33. The van der Waals surface area contributed by atoms with Crippen molar-refractivity contribution in [1.29, 1.82) is 0 Å². The molecular weight excluding hydrogens is 188 g/mol. The normalized spacial score (nSPS) is 28.2. The first kappa shape index (κ1) is 10.6. The zero-order chi connectivity index (χ0) is 10.8. The van der Waals surface area contributed by atoms with Crippen molar-refractivity contribution in [3.05, 3.63) is 18.0 Å². The average molecular weight is 208 g/mol. The molecule has 1 aliphatic heterocycles. The molecule has 0 aromatic carbocycles. The Morgan fingerprint density at radius 3 is 2.93 bits per heavy atom. The van der Waals surface area contributed by atoms with Crippen molar-refractivity contribution < 1.29 is 0 Å². The molecule has 1 aromatic rings. The molecule has 1 aliphatic rings. The lowest BCUT2D eigenvalue weighted by atomic mass is 9.87. The third-order valence-electron chi connectivity index (χ3n) is 3.47. The highest BCUT2D eigenvalue weighted by molar-refractivity contribution is 5.09. The molecule has 4 nitrogen and oxygen atoms in total. The predicted molar refractivity (Wildman–Crippen MR) is 60.4 cm³/mol. The molecule has 2 atom stereocenters. The van der Waals surface area contributed by atoms with Crippen molar-refractivity contribution in [2.75, 3.05) is 20.1 Å². The second-order valence-corrected chi connectivity index (χ2v) is 4.44. The van der Waals surface area contributed by atoms with Crippen LogP contribution in [0.25, 0.3) is 0 Å². The van der Waals surface area contributed by atoms with Crippen molar-refractivity contribution >= 4 is 0 Å². The minimum atomic E-state index is 0.441. The summed E-state index contributed by atoms with van der Waals surface area (Å²) in [5, 5.41) is 4.24. The molecule has 2 N–H and O–H groups in total. The van der Waals surface area contributed by atoms with Gasteiger partial charge in [-0.2, -0.15) is 5.10 Å². The molecule has 0 spiro atoms. The minimum Gasteiger partial charge on any atom is -0.330 e. The number of piperidine rings is 1. The Labute approximate surface area is 91.1 Å². The summed E-state index contributed by atoms with van der Waals surface area (Å²) in [5.41, 5.74) is 7.14. The first-order valence-corrected chi connectivity index (χ1v) is 5.62. The standard InChI is InChI=1S/C11H20N4/c1-14-7-3-4-9(8-12)11(14)10-5-6-13-15(10)2/h5-6,9,11H,3-4,7-8,12H2,1-2H3/t9-,11+/m0/s1. The van der Waals surface area contributed by atoms with E-state index in [4.69, 9.17) is 5.73 Å². The van der Waals surface area contributed by atoms with Crippen molar-refractivity contribution in [2.45, 2.75) is 18.9 Å². The van der Waals surface area contributed by atoms with Crippen LogP contribution in [0.1, 0.15) is 24.6 Å². The van der Waals surface area contributed by atoms with Crippen LogP contribution in [0, 0.1) is 5.92 Å². The summed E-state index contributed by atoms with van der Waals surface area (Å²) in [6, 6.07) is 2.55. The van der Waals surface area contributed by atoms with Crippen molar-refractivity contribution in [2.24, 2.45) is 18.7 Å². The molecule has 1 aromatic heterocycles. The van der Waals surface area contributed by atoms with Crippen molar-refractivity contribution in [3.63, 3.8) is 0 Å². The first-order valence-electron chi connectivity index (χ1n) is 5.62. The Morgan fingerprint density at radius 2 is 2.33 bits per heavy atom. The second-order valence-electron chi connectivity index (χ2n) is 4.44. The summed E-state index contributed by atoms with van der Waals surface area (Å²) < 4.78 is 1.97. The highest BCUT2D eigenvalue weighted by Gasteiger charge is 2.31. The SMILES string of the molecule is CN1CCC[C@@H](CN)[C@@H]1c1ccnn1C. The van der Waals surface area contributed by atoms with E-state index in [-0.39, 0.29) is 0 Å². The quantitative estimate of drug-likeness (QED) is 0.780. The summed E-state index contributed by atoms with van der Waals surface area (Å²) >= 11 is 0. The van der Waals surface area contributed by atoms with E-state index < -0.39 is 0 Å². The maximum atomic E-state index is 5.86. The lowest BCUT2D eigenvalue weighted by Crippen LogP contribution is -2.40. The predicted octanol–water partition coefficient (Wildman–Crippen LogP) is 0.762. The van der Waals surface area contributed by atoms with Gasteiger partial charge < -0.3 is 5.73 Å². The smallest absolute Gasteiger partial charge is 0.0555 e. The van der Waals surface area contributed by atoms with Crippen LogP contribution in [-0.4, -0.2) is 34.8 Å². The fourth-order valence-electron chi connectivity index (χ4n) is 2.65. The van der Waals surface area contributed by atoms with E-state index in [2.05, 4.69) is 23.1 Å². The number of aromatic nitrogens is 2. The van der Waals surface area contributed by atoms with Gasteiger partial charge in [0.2, 0.25) is 0 Å². The van der Waals surface area contributed by atoms with Gasteiger partial charge >= 0.3 is 0 Å². The Kier molecular flexibility index (Phi) is 3.07. The molecule has 1 saturated heterocycles. The average Bonchev–Trinajstić information content (AvgIpc) is 2.64. The largest absolute Gasteiger partial charge is 0.330 e. The van der Waals surface area contributed by atoms with E-state index in [0.717, 1.165) is 13.1 Å². The van der Waals surface area contributed by atoms with E-state index in [1.54, 1.807) is 0 Å². The highest BCUT2D eigenvalue weighted by atomic mass is 15.3. The lowest BCUT2D eigenvalue weighted by Gasteiger charge is -2.38.